The first kappa shape index (κ1) is 22.9. The van der Waals surface area contributed by atoms with E-state index in [0.717, 1.165) is 49.6 Å². The monoisotopic (exact) mass is 627 g/mol. The molecule has 0 amide bonds. The summed E-state index contributed by atoms with van der Waals surface area (Å²) in [5, 5.41) is 15.1. The SMILES string of the molecule is Cc1[c-]c(-c2nccc3c2ccc2cc(-c4ccc(C#N)c5ncccc45)ccc23)cc(C)c1.[Ir]. The van der Waals surface area contributed by atoms with Crippen LogP contribution in [0.15, 0.2) is 85.2 Å². The summed E-state index contributed by atoms with van der Waals surface area (Å²) in [6.07, 6.45) is 3.62. The molecule has 4 heteroatoms. The molecule has 3 nitrogen and oxygen atoms in total. The standard InChI is InChI=1S/C31H20N3.Ir/c1-19-14-20(2)16-24(15-19)31-29-10-6-21-17-22(5-8-25(21)27(29)11-13-34-31)26-9-7-23(18-32)30-28(26)4-3-12-33-30;/h3-15,17H,1-2H3;/q-1;. The molecule has 0 N–H and O–H groups in total. The van der Waals surface area contributed by atoms with E-state index in [1.807, 2.05) is 30.5 Å². The van der Waals surface area contributed by atoms with Crippen LogP contribution >= 0.6 is 0 Å². The number of aryl methyl sites for hydroxylation is 2. The van der Waals surface area contributed by atoms with Gasteiger partial charge in [0.15, 0.2) is 0 Å². The van der Waals surface area contributed by atoms with Crippen molar-refractivity contribution in [2.24, 2.45) is 0 Å². The summed E-state index contributed by atoms with van der Waals surface area (Å²) in [7, 11) is 0. The van der Waals surface area contributed by atoms with Gasteiger partial charge in [-0.05, 0) is 62.6 Å². The molecule has 0 unspecified atom stereocenters. The maximum Gasteiger partial charge on any atom is 0.101 e. The van der Waals surface area contributed by atoms with Gasteiger partial charge in [0.05, 0.1) is 11.1 Å². The number of aromatic nitrogens is 2. The minimum Gasteiger partial charge on any atom is -0.304 e. The Balaban J connectivity index is 0.00000253. The Bertz CT molecular complexity index is 1780. The third-order valence-electron chi connectivity index (χ3n) is 6.37. The molecule has 6 rings (SSSR count). The molecule has 0 atom stereocenters. The van der Waals surface area contributed by atoms with Crippen molar-refractivity contribution in [3.05, 3.63) is 108 Å². The molecule has 0 aliphatic heterocycles. The van der Waals surface area contributed by atoms with E-state index in [1.165, 1.54) is 16.3 Å². The number of rotatable bonds is 2. The van der Waals surface area contributed by atoms with Gasteiger partial charge in [0.1, 0.15) is 6.07 Å². The molecule has 2 aromatic heterocycles. The molecule has 6 aromatic rings. The van der Waals surface area contributed by atoms with Gasteiger partial charge in [0.2, 0.25) is 0 Å². The Labute approximate surface area is 217 Å². The molecule has 0 aliphatic rings. The zero-order chi connectivity index (χ0) is 23.2. The van der Waals surface area contributed by atoms with Crippen molar-refractivity contribution in [2.75, 3.05) is 0 Å². The molecule has 35 heavy (non-hydrogen) atoms. The zero-order valence-electron chi connectivity index (χ0n) is 19.3. The summed E-state index contributed by atoms with van der Waals surface area (Å²) in [6, 6.07) is 30.8. The fourth-order valence-corrected chi connectivity index (χ4v) is 4.92. The third-order valence-corrected chi connectivity index (χ3v) is 6.37. The van der Waals surface area contributed by atoms with E-state index < -0.39 is 0 Å². The fraction of sp³-hybridized carbons (Fsp3) is 0.0645. The quantitative estimate of drug-likeness (QED) is 0.147. The zero-order valence-corrected chi connectivity index (χ0v) is 21.7. The minimum absolute atomic E-state index is 0. The number of hydrogen-bond acceptors (Lipinski definition) is 3. The minimum atomic E-state index is 0. The van der Waals surface area contributed by atoms with Gasteiger partial charge in [-0.1, -0.05) is 50.2 Å². The van der Waals surface area contributed by atoms with Gasteiger partial charge in [-0.2, -0.15) is 5.26 Å². The topological polar surface area (TPSA) is 49.6 Å². The Kier molecular flexibility index (Phi) is 5.91. The Morgan fingerprint density at radius 1 is 0.771 bits per heavy atom. The van der Waals surface area contributed by atoms with E-state index in [4.69, 9.17) is 4.98 Å². The van der Waals surface area contributed by atoms with Crippen LogP contribution in [0.25, 0.3) is 54.8 Å². The van der Waals surface area contributed by atoms with E-state index in [2.05, 4.69) is 79.5 Å². The summed E-state index contributed by atoms with van der Waals surface area (Å²) in [5.41, 5.74) is 7.81. The molecular formula is C31H20IrN3-. The molecule has 0 spiro atoms. The predicted octanol–water partition coefficient (Wildman–Crippen LogP) is 7.56. The first-order chi connectivity index (χ1) is 16.6. The molecule has 1 radical (unpaired) electrons. The molecule has 0 saturated heterocycles. The van der Waals surface area contributed by atoms with Gasteiger partial charge in [-0.3, -0.25) is 4.98 Å². The fourth-order valence-electron chi connectivity index (χ4n) is 4.92. The maximum absolute atomic E-state index is 9.48. The van der Waals surface area contributed by atoms with Crippen LogP contribution in [0.4, 0.5) is 0 Å². The second-order valence-corrected chi connectivity index (χ2v) is 8.68. The van der Waals surface area contributed by atoms with Crippen LogP contribution in [0.3, 0.4) is 0 Å². The third kappa shape index (κ3) is 3.90. The van der Waals surface area contributed by atoms with Crippen molar-refractivity contribution in [3.63, 3.8) is 0 Å². The number of nitriles is 1. The maximum atomic E-state index is 9.48. The van der Waals surface area contributed by atoms with E-state index in [1.54, 1.807) is 6.20 Å². The normalized spacial score (nSPS) is 10.9. The summed E-state index contributed by atoms with van der Waals surface area (Å²) in [6.45, 7) is 4.18. The van der Waals surface area contributed by atoms with Crippen molar-refractivity contribution in [3.8, 4) is 28.5 Å². The second-order valence-electron chi connectivity index (χ2n) is 8.68. The van der Waals surface area contributed by atoms with E-state index in [-0.39, 0.29) is 20.1 Å². The number of benzene rings is 4. The average Bonchev–Trinajstić information content (AvgIpc) is 2.86. The molecule has 169 valence electrons. The van der Waals surface area contributed by atoms with E-state index >= 15 is 0 Å². The van der Waals surface area contributed by atoms with Crippen molar-refractivity contribution < 1.29 is 20.1 Å². The summed E-state index contributed by atoms with van der Waals surface area (Å²) < 4.78 is 0. The first-order valence-electron chi connectivity index (χ1n) is 11.2. The van der Waals surface area contributed by atoms with E-state index in [0.29, 0.717) is 5.56 Å². The van der Waals surface area contributed by atoms with Crippen LogP contribution in [0.2, 0.25) is 0 Å². The summed E-state index contributed by atoms with van der Waals surface area (Å²) in [5.74, 6) is 0. The number of fused-ring (bicyclic) bond motifs is 4. The van der Waals surface area contributed by atoms with Crippen LogP contribution in [0.5, 0.6) is 0 Å². The molecule has 0 aliphatic carbocycles. The number of pyridine rings is 2. The van der Waals surface area contributed by atoms with Crippen LogP contribution < -0.4 is 0 Å². The van der Waals surface area contributed by atoms with Crippen LogP contribution in [0, 0.1) is 31.2 Å². The van der Waals surface area contributed by atoms with Crippen molar-refractivity contribution in [1.29, 1.82) is 5.26 Å². The molecule has 4 aromatic carbocycles. The van der Waals surface area contributed by atoms with Crippen molar-refractivity contribution in [1.82, 2.24) is 9.97 Å². The largest absolute Gasteiger partial charge is 0.304 e. The number of hydrogen-bond donors (Lipinski definition) is 0. The van der Waals surface area contributed by atoms with Crippen LogP contribution in [-0.2, 0) is 20.1 Å². The molecule has 0 bridgehead atoms. The first-order valence-corrected chi connectivity index (χ1v) is 11.2. The van der Waals surface area contributed by atoms with E-state index in [9.17, 15) is 5.26 Å². The van der Waals surface area contributed by atoms with Crippen molar-refractivity contribution >= 4 is 32.4 Å². The summed E-state index contributed by atoms with van der Waals surface area (Å²) >= 11 is 0. The smallest absolute Gasteiger partial charge is 0.101 e. The van der Waals surface area contributed by atoms with Crippen LogP contribution in [0.1, 0.15) is 16.7 Å². The molecule has 2 heterocycles. The molecular weight excluding hydrogens is 607 g/mol. The van der Waals surface area contributed by atoms with Gasteiger partial charge in [-0.15, -0.1) is 34.9 Å². The van der Waals surface area contributed by atoms with Crippen molar-refractivity contribution in [2.45, 2.75) is 13.8 Å². The summed E-state index contributed by atoms with van der Waals surface area (Å²) in [4.78, 5) is 9.18. The van der Waals surface area contributed by atoms with Crippen LogP contribution in [-0.4, -0.2) is 9.97 Å². The van der Waals surface area contributed by atoms with Gasteiger partial charge in [0, 0.05) is 37.9 Å². The van der Waals surface area contributed by atoms with Gasteiger partial charge in [0.25, 0.3) is 0 Å². The number of nitrogens with zero attached hydrogens (tertiary/aromatic N) is 3. The molecule has 0 saturated carbocycles. The Morgan fingerprint density at radius 3 is 2.46 bits per heavy atom. The van der Waals surface area contributed by atoms with Gasteiger partial charge < -0.3 is 4.98 Å². The average molecular weight is 627 g/mol. The van der Waals surface area contributed by atoms with Gasteiger partial charge in [-0.25, -0.2) is 0 Å². The second kappa shape index (κ2) is 9.04. The Morgan fingerprint density at radius 2 is 1.63 bits per heavy atom. The van der Waals surface area contributed by atoms with Gasteiger partial charge >= 0.3 is 0 Å². The predicted molar refractivity (Wildman–Crippen MR) is 138 cm³/mol. The Hall–Kier alpha value is -3.90. The molecule has 0 fully saturated rings.